The third-order valence-electron chi connectivity index (χ3n) is 2.82. The van der Waals surface area contributed by atoms with Crippen molar-refractivity contribution in [3.8, 4) is 11.8 Å². The highest BCUT2D eigenvalue weighted by molar-refractivity contribution is 5.17. The van der Waals surface area contributed by atoms with Crippen LogP contribution in [0.2, 0.25) is 0 Å². The molecule has 0 N–H and O–H groups in total. The quantitative estimate of drug-likeness (QED) is 0.551. The summed E-state index contributed by atoms with van der Waals surface area (Å²) in [6.07, 6.45) is 5.93. The number of benzene rings is 1. The molecule has 1 nitrogen and oxygen atoms in total. The summed E-state index contributed by atoms with van der Waals surface area (Å²) in [6.45, 7) is 3.61. The van der Waals surface area contributed by atoms with Crippen LogP contribution in [0, 0.1) is 17.8 Å². The van der Waals surface area contributed by atoms with Crippen LogP contribution in [0.4, 0.5) is 0 Å². The first-order valence-corrected chi connectivity index (χ1v) is 6.20. The standard InChI is InChI=1S/C16H18O/c1-2-17-16(13-11-15-8-9-15)12-10-14-6-4-3-5-7-14/h2-7,15-16H,1,8-10,12H2. The summed E-state index contributed by atoms with van der Waals surface area (Å²) in [5, 5.41) is 0. The van der Waals surface area contributed by atoms with Crippen molar-refractivity contribution >= 4 is 0 Å². The van der Waals surface area contributed by atoms with Gasteiger partial charge in [0, 0.05) is 5.92 Å². The summed E-state index contributed by atoms with van der Waals surface area (Å²) >= 11 is 0. The van der Waals surface area contributed by atoms with Gasteiger partial charge in [0.25, 0.3) is 0 Å². The molecule has 0 aromatic heterocycles. The van der Waals surface area contributed by atoms with Crippen molar-refractivity contribution in [2.45, 2.75) is 31.8 Å². The average molecular weight is 226 g/mol. The molecule has 1 aromatic carbocycles. The normalized spacial score (nSPS) is 15.5. The molecule has 0 aliphatic heterocycles. The molecule has 88 valence electrons. The van der Waals surface area contributed by atoms with Gasteiger partial charge >= 0.3 is 0 Å². The molecule has 1 saturated carbocycles. The predicted octanol–water partition coefficient (Wildman–Crippen LogP) is 3.56. The van der Waals surface area contributed by atoms with Crippen molar-refractivity contribution in [3.05, 3.63) is 48.7 Å². The predicted molar refractivity (Wildman–Crippen MR) is 70.3 cm³/mol. The lowest BCUT2D eigenvalue weighted by molar-refractivity contribution is 0.187. The van der Waals surface area contributed by atoms with Crippen molar-refractivity contribution in [3.63, 3.8) is 0 Å². The van der Waals surface area contributed by atoms with Gasteiger partial charge in [-0.2, -0.15) is 0 Å². The lowest BCUT2D eigenvalue weighted by atomic mass is 10.1. The van der Waals surface area contributed by atoms with Crippen LogP contribution < -0.4 is 0 Å². The summed E-state index contributed by atoms with van der Waals surface area (Å²) < 4.78 is 5.43. The Hall–Kier alpha value is -1.68. The Morgan fingerprint density at radius 2 is 2.12 bits per heavy atom. The molecule has 17 heavy (non-hydrogen) atoms. The monoisotopic (exact) mass is 226 g/mol. The molecule has 1 aliphatic rings. The molecule has 2 rings (SSSR count). The second-order valence-electron chi connectivity index (χ2n) is 4.38. The molecular formula is C16H18O. The third-order valence-corrected chi connectivity index (χ3v) is 2.82. The Morgan fingerprint density at radius 3 is 2.76 bits per heavy atom. The van der Waals surface area contributed by atoms with Crippen LogP contribution in [0.5, 0.6) is 0 Å². The molecule has 0 heterocycles. The van der Waals surface area contributed by atoms with E-state index in [0.717, 1.165) is 12.8 Å². The SMILES string of the molecule is C=COC(C#CC1CC1)CCc1ccccc1. The van der Waals surface area contributed by atoms with Crippen molar-refractivity contribution < 1.29 is 4.74 Å². The first-order chi connectivity index (χ1) is 8.38. The van der Waals surface area contributed by atoms with Crippen LogP contribution in [-0.4, -0.2) is 6.10 Å². The number of hydrogen-bond donors (Lipinski definition) is 0. The van der Waals surface area contributed by atoms with Gasteiger partial charge in [0.15, 0.2) is 6.10 Å². The highest BCUT2D eigenvalue weighted by atomic mass is 16.5. The fraction of sp³-hybridized carbons (Fsp3) is 0.375. The minimum atomic E-state index is -0.00620. The first-order valence-electron chi connectivity index (χ1n) is 6.20. The van der Waals surface area contributed by atoms with Crippen molar-refractivity contribution in [2.24, 2.45) is 5.92 Å². The molecule has 1 atom stereocenters. The highest BCUT2D eigenvalue weighted by Gasteiger charge is 2.18. The topological polar surface area (TPSA) is 9.23 Å². The van der Waals surface area contributed by atoms with Crippen molar-refractivity contribution in [1.82, 2.24) is 0 Å². The molecule has 0 spiro atoms. The van der Waals surface area contributed by atoms with E-state index in [4.69, 9.17) is 4.74 Å². The average Bonchev–Trinajstić information content (AvgIpc) is 3.18. The van der Waals surface area contributed by atoms with Crippen LogP contribution in [0.3, 0.4) is 0 Å². The van der Waals surface area contributed by atoms with E-state index in [1.807, 2.05) is 6.07 Å². The second-order valence-corrected chi connectivity index (χ2v) is 4.38. The van der Waals surface area contributed by atoms with Crippen LogP contribution >= 0.6 is 0 Å². The molecular weight excluding hydrogens is 208 g/mol. The van der Waals surface area contributed by atoms with E-state index in [1.165, 1.54) is 24.7 Å². The number of hydrogen-bond acceptors (Lipinski definition) is 1. The van der Waals surface area contributed by atoms with Crippen LogP contribution in [0.15, 0.2) is 43.2 Å². The fourth-order valence-corrected chi connectivity index (χ4v) is 1.67. The largest absolute Gasteiger partial charge is 0.486 e. The maximum absolute atomic E-state index is 5.43. The Morgan fingerprint density at radius 1 is 1.35 bits per heavy atom. The van der Waals surface area contributed by atoms with Gasteiger partial charge in [-0.05, 0) is 31.2 Å². The van der Waals surface area contributed by atoms with E-state index < -0.39 is 0 Å². The number of aryl methyl sites for hydroxylation is 1. The van der Waals surface area contributed by atoms with E-state index in [0.29, 0.717) is 5.92 Å². The van der Waals surface area contributed by atoms with Gasteiger partial charge < -0.3 is 4.74 Å². The van der Waals surface area contributed by atoms with Crippen molar-refractivity contribution in [2.75, 3.05) is 0 Å². The second kappa shape index (κ2) is 6.15. The van der Waals surface area contributed by atoms with Crippen molar-refractivity contribution in [1.29, 1.82) is 0 Å². The molecule has 1 aliphatic carbocycles. The lowest BCUT2D eigenvalue weighted by Crippen LogP contribution is -2.08. The van der Waals surface area contributed by atoms with Crippen LogP contribution in [0.1, 0.15) is 24.8 Å². The van der Waals surface area contributed by atoms with E-state index in [1.54, 1.807) is 0 Å². The zero-order valence-corrected chi connectivity index (χ0v) is 10.1. The van der Waals surface area contributed by atoms with Crippen LogP contribution in [-0.2, 0) is 11.2 Å². The summed E-state index contributed by atoms with van der Waals surface area (Å²) in [5.74, 6) is 7.09. The molecule has 1 fully saturated rings. The summed E-state index contributed by atoms with van der Waals surface area (Å²) in [6, 6.07) is 10.4. The molecule has 1 aromatic rings. The van der Waals surface area contributed by atoms with Gasteiger partial charge in [-0.25, -0.2) is 0 Å². The maximum Gasteiger partial charge on any atom is 0.158 e. The Kier molecular flexibility index (Phi) is 4.27. The lowest BCUT2D eigenvalue weighted by Gasteiger charge is -2.10. The summed E-state index contributed by atoms with van der Waals surface area (Å²) in [7, 11) is 0. The van der Waals surface area contributed by atoms with Gasteiger partial charge in [-0.1, -0.05) is 48.8 Å². The summed E-state index contributed by atoms with van der Waals surface area (Å²) in [5.41, 5.74) is 1.33. The smallest absolute Gasteiger partial charge is 0.158 e. The van der Waals surface area contributed by atoms with E-state index in [2.05, 4.69) is 42.7 Å². The zero-order valence-electron chi connectivity index (χ0n) is 10.1. The van der Waals surface area contributed by atoms with Gasteiger partial charge in [0.1, 0.15) is 0 Å². The molecule has 0 bridgehead atoms. The van der Waals surface area contributed by atoms with Gasteiger partial charge in [0.2, 0.25) is 0 Å². The summed E-state index contributed by atoms with van der Waals surface area (Å²) in [4.78, 5) is 0. The van der Waals surface area contributed by atoms with Crippen LogP contribution in [0.25, 0.3) is 0 Å². The molecule has 1 unspecified atom stereocenters. The molecule has 0 radical (unpaired) electrons. The van der Waals surface area contributed by atoms with Gasteiger partial charge in [0.05, 0.1) is 6.26 Å². The number of rotatable bonds is 5. The third kappa shape index (κ3) is 4.36. The molecule has 1 heteroatoms. The van der Waals surface area contributed by atoms with Gasteiger partial charge in [-0.3, -0.25) is 0 Å². The fourth-order valence-electron chi connectivity index (χ4n) is 1.67. The van der Waals surface area contributed by atoms with E-state index in [9.17, 15) is 0 Å². The zero-order chi connectivity index (χ0) is 11.9. The highest BCUT2D eigenvalue weighted by Crippen LogP contribution is 2.27. The molecule has 0 saturated heterocycles. The minimum Gasteiger partial charge on any atom is -0.486 e. The molecule has 0 amide bonds. The number of ether oxygens (including phenoxy) is 1. The van der Waals surface area contributed by atoms with E-state index >= 15 is 0 Å². The Bertz CT molecular complexity index is 406. The minimum absolute atomic E-state index is 0.00620. The Labute approximate surface area is 103 Å². The maximum atomic E-state index is 5.43. The first kappa shape index (κ1) is 11.8. The van der Waals surface area contributed by atoms with E-state index in [-0.39, 0.29) is 6.10 Å². The van der Waals surface area contributed by atoms with Gasteiger partial charge in [-0.15, -0.1) is 0 Å². The Balaban J connectivity index is 1.85.